The molecule has 4 heteroatoms. The van der Waals surface area contributed by atoms with Gasteiger partial charge in [0.25, 0.3) is 0 Å². The molecule has 1 aromatic heterocycles. The Bertz CT molecular complexity index is 275. The molecule has 58 valence electrons. The molecule has 1 heterocycles. The maximum Gasteiger partial charge on any atom is 0.308 e. The van der Waals surface area contributed by atoms with Crippen molar-refractivity contribution < 1.29 is 9.53 Å². The van der Waals surface area contributed by atoms with E-state index in [1.807, 2.05) is 0 Å². The van der Waals surface area contributed by atoms with E-state index in [1.165, 1.54) is 6.92 Å². The lowest BCUT2D eigenvalue weighted by molar-refractivity contribution is -0.131. The number of ether oxygens (including phenoxy) is 1. The van der Waals surface area contributed by atoms with Crippen LogP contribution in [-0.2, 0) is 4.79 Å². The van der Waals surface area contributed by atoms with E-state index < -0.39 is 0 Å². The molecule has 0 atom stereocenters. The van der Waals surface area contributed by atoms with E-state index in [1.54, 1.807) is 18.5 Å². The first kappa shape index (κ1) is 8.45. The number of hydrogen-bond donors (Lipinski definition) is 0. The summed E-state index contributed by atoms with van der Waals surface area (Å²) in [5.41, 5.74) is 0. The van der Waals surface area contributed by atoms with E-state index in [4.69, 9.17) is 4.74 Å². The molecule has 0 aliphatic rings. The minimum Gasteiger partial charge on any atom is -0.425 e. The molecule has 0 bridgehead atoms. The number of nitrogens with zero attached hydrogens (tertiary/aromatic N) is 1. The smallest absolute Gasteiger partial charge is 0.308 e. The second-order valence-corrected chi connectivity index (χ2v) is 3.06. The SMILES string of the molecule is CC(=O)Oc1ccncc1I. The summed E-state index contributed by atoms with van der Waals surface area (Å²) in [6, 6.07) is 1.66. The summed E-state index contributed by atoms with van der Waals surface area (Å²) in [7, 11) is 0. The van der Waals surface area contributed by atoms with Crippen LogP contribution in [0.4, 0.5) is 0 Å². The van der Waals surface area contributed by atoms with Crippen LogP contribution >= 0.6 is 22.6 Å². The lowest BCUT2D eigenvalue weighted by Crippen LogP contribution is -2.02. The van der Waals surface area contributed by atoms with Gasteiger partial charge in [-0.1, -0.05) is 0 Å². The van der Waals surface area contributed by atoms with Gasteiger partial charge in [-0.3, -0.25) is 9.78 Å². The van der Waals surface area contributed by atoms with Crippen LogP contribution in [0.5, 0.6) is 5.75 Å². The molecule has 0 radical (unpaired) electrons. The van der Waals surface area contributed by atoms with Crippen molar-refractivity contribution in [2.24, 2.45) is 0 Å². The van der Waals surface area contributed by atoms with Gasteiger partial charge in [-0.15, -0.1) is 0 Å². The van der Waals surface area contributed by atoms with Crippen LogP contribution < -0.4 is 4.74 Å². The first-order valence-electron chi connectivity index (χ1n) is 2.98. The van der Waals surface area contributed by atoms with Gasteiger partial charge < -0.3 is 4.74 Å². The fourth-order valence-corrected chi connectivity index (χ4v) is 1.05. The summed E-state index contributed by atoms with van der Waals surface area (Å²) in [6.45, 7) is 1.37. The molecule has 0 fully saturated rings. The van der Waals surface area contributed by atoms with Crippen molar-refractivity contribution in [1.29, 1.82) is 0 Å². The average Bonchev–Trinajstić information content (AvgIpc) is 1.93. The molecule has 0 amide bonds. The maximum absolute atomic E-state index is 10.5. The van der Waals surface area contributed by atoms with Gasteiger partial charge >= 0.3 is 5.97 Å². The molecule has 11 heavy (non-hydrogen) atoms. The molecule has 0 spiro atoms. The Kier molecular flexibility index (Phi) is 2.81. The summed E-state index contributed by atoms with van der Waals surface area (Å²) in [5, 5.41) is 0. The van der Waals surface area contributed by atoms with Crippen molar-refractivity contribution in [2.45, 2.75) is 6.92 Å². The predicted molar refractivity (Wildman–Crippen MR) is 48.3 cm³/mol. The van der Waals surface area contributed by atoms with Gasteiger partial charge in [0.1, 0.15) is 5.75 Å². The van der Waals surface area contributed by atoms with Crippen molar-refractivity contribution in [2.75, 3.05) is 0 Å². The minimum atomic E-state index is -0.311. The summed E-state index contributed by atoms with van der Waals surface area (Å²) < 4.78 is 5.69. The van der Waals surface area contributed by atoms with Crippen LogP contribution in [0.2, 0.25) is 0 Å². The molecule has 0 aliphatic carbocycles. The molecule has 1 aromatic rings. The zero-order chi connectivity index (χ0) is 8.27. The molecule has 1 rings (SSSR count). The number of carbonyl (C=O) groups excluding carboxylic acids is 1. The van der Waals surface area contributed by atoms with Crippen molar-refractivity contribution in [3.8, 4) is 5.75 Å². The van der Waals surface area contributed by atoms with E-state index >= 15 is 0 Å². The fraction of sp³-hybridized carbons (Fsp3) is 0.143. The highest BCUT2D eigenvalue weighted by Gasteiger charge is 2.01. The monoisotopic (exact) mass is 263 g/mol. The van der Waals surface area contributed by atoms with Gasteiger partial charge in [-0.25, -0.2) is 0 Å². The average molecular weight is 263 g/mol. The van der Waals surface area contributed by atoms with Gasteiger partial charge in [0.2, 0.25) is 0 Å². The summed E-state index contributed by atoms with van der Waals surface area (Å²) in [4.78, 5) is 14.4. The number of rotatable bonds is 1. The number of carbonyl (C=O) groups is 1. The molecular weight excluding hydrogens is 257 g/mol. The topological polar surface area (TPSA) is 39.2 Å². The Labute approximate surface area is 77.9 Å². The zero-order valence-electron chi connectivity index (χ0n) is 5.87. The fourth-order valence-electron chi connectivity index (χ4n) is 0.600. The standard InChI is InChI=1S/C7H6INO2/c1-5(10)11-7-2-3-9-4-6(7)8/h2-4H,1H3. The summed E-state index contributed by atoms with van der Waals surface area (Å²) in [5.74, 6) is 0.252. The Morgan fingerprint density at radius 3 is 3.00 bits per heavy atom. The Morgan fingerprint density at radius 1 is 1.73 bits per heavy atom. The largest absolute Gasteiger partial charge is 0.425 e. The van der Waals surface area contributed by atoms with Gasteiger partial charge in [-0.05, 0) is 22.6 Å². The maximum atomic E-state index is 10.5. The molecule has 0 N–H and O–H groups in total. The first-order valence-corrected chi connectivity index (χ1v) is 4.06. The zero-order valence-corrected chi connectivity index (χ0v) is 8.03. The van der Waals surface area contributed by atoms with Crippen molar-refractivity contribution in [1.82, 2.24) is 4.98 Å². The lowest BCUT2D eigenvalue weighted by atomic mass is 10.4. The highest BCUT2D eigenvalue weighted by Crippen LogP contribution is 2.17. The van der Waals surface area contributed by atoms with Crippen LogP contribution in [0.3, 0.4) is 0 Å². The third-order valence-electron chi connectivity index (χ3n) is 0.989. The van der Waals surface area contributed by atoms with Crippen molar-refractivity contribution in [3.05, 3.63) is 22.0 Å². The molecule has 0 aliphatic heterocycles. The van der Waals surface area contributed by atoms with E-state index in [0.717, 1.165) is 3.57 Å². The van der Waals surface area contributed by atoms with E-state index in [-0.39, 0.29) is 5.97 Å². The first-order chi connectivity index (χ1) is 5.20. The Balaban J connectivity index is 2.86. The van der Waals surface area contributed by atoms with Crippen molar-refractivity contribution >= 4 is 28.6 Å². The number of esters is 1. The predicted octanol–water partition coefficient (Wildman–Crippen LogP) is 1.61. The van der Waals surface area contributed by atoms with Crippen LogP contribution in [0.25, 0.3) is 0 Å². The van der Waals surface area contributed by atoms with Gasteiger partial charge in [0, 0.05) is 25.4 Å². The van der Waals surface area contributed by atoms with Crippen LogP contribution in [-0.4, -0.2) is 11.0 Å². The lowest BCUT2D eigenvalue weighted by Gasteiger charge is -2.00. The summed E-state index contributed by atoms with van der Waals surface area (Å²) in [6.07, 6.45) is 3.22. The van der Waals surface area contributed by atoms with Crippen LogP contribution in [0.15, 0.2) is 18.5 Å². The van der Waals surface area contributed by atoms with Gasteiger partial charge in [0.15, 0.2) is 0 Å². The molecule has 0 saturated carbocycles. The second-order valence-electron chi connectivity index (χ2n) is 1.90. The van der Waals surface area contributed by atoms with Crippen molar-refractivity contribution in [3.63, 3.8) is 0 Å². The molecule has 3 nitrogen and oxygen atoms in total. The number of hydrogen-bond acceptors (Lipinski definition) is 3. The third-order valence-corrected chi connectivity index (χ3v) is 1.80. The number of aromatic nitrogens is 1. The highest BCUT2D eigenvalue weighted by molar-refractivity contribution is 14.1. The summed E-state index contributed by atoms with van der Waals surface area (Å²) >= 11 is 2.05. The normalized spacial score (nSPS) is 9.27. The van der Waals surface area contributed by atoms with E-state index in [2.05, 4.69) is 27.6 Å². The van der Waals surface area contributed by atoms with Gasteiger partial charge in [-0.2, -0.15) is 0 Å². The van der Waals surface area contributed by atoms with Crippen LogP contribution in [0, 0.1) is 3.57 Å². The van der Waals surface area contributed by atoms with E-state index in [0.29, 0.717) is 5.75 Å². The third kappa shape index (κ3) is 2.45. The van der Waals surface area contributed by atoms with Gasteiger partial charge in [0.05, 0.1) is 3.57 Å². The molecule has 0 aromatic carbocycles. The highest BCUT2D eigenvalue weighted by atomic mass is 127. The second kappa shape index (κ2) is 3.66. The molecule has 0 saturated heterocycles. The molecule has 0 unspecified atom stereocenters. The van der Waals surface area contributed by atoms with E-state index in [9.17, 15) is 4.79 Å². The number of pyridine rings is 1. The number of halogens is 1. The molecular formula is C7H6INO2. The minimum absolute atomic E-state index is 0.311. The quantitative estimate of drug-likeness (QED) is 0.570. The van der Waals surface area contributed by atoms with Crippen LogP contribution in [0.1, 0.15) is 6.92 Å². The Morgan fingerprint density at radius 2 is 2.45 bits per heavy atom. The Hall–Kier alpha value is -0.650.